The third-order valence-corrected chi connectivity index (χ3v) is 1.81. The SMILES string of the molecule is CN/C(N)=C1/CC(C)(C)OC1=O. The number of rotatable bonds is 1. The van der Waals surface area contributed by atoms with Gasteiger partial charge in [0.25, 0.3) is 0 Å². The standard InChI is InChI=1S/C8H14N2O2/c1-8(2)4-5(6(9)10-3)7(11)12-8/h10H,4,9H2,1-3H3/b6-5-. The molecular weight excluding hydrogens is 156 g/mol. The molecule has 1 fully saturated rings. The molecule has 0 atom stereocenters. The molecular formula is C8H14N2O2. The van der Waals surface area contributed by atoms with E-state index in [1.54, 1.807) is 7.05 Å². The van der Waals surface area contributed by atoms with Gasteiger partial charge in [-0.25, -0.2) is 4.79 Å². The van der Waals surface area contributed by atoms with Crippen molar-refractivity contribution in [2.24, 2.45) is 5.73 Å². The molecule has 0 aliphatic carbocycles. The van der Waals surface area contributed by atoms with Crippen molar-refractivity contribution >= 4 is 5.97 Å². The monoisotopic (exact) mass is 170 g/mol. The smallest absolute Gasteiger partial charge is 0.338 e. The van der Waals surface area contributed by atoms with Gasteiger partial charge >= 0.3 is 5.97 Å². The topological polar surface area (TPSA) is 64.3 Å². The first-order valence-corrected chi connectivity index (χ1v) is 3.86. The number of hydrogen-bond acceptors (Lipinski definition) is 4. The normalized spacial score (nSPS) is 25.1. The Kier molecular flexibility index (Phi) is 2.00. The fraction of sp³-hybridized carbons (Fsp3) is 0.625. The van der Waals surface area contributed by atoms with Crippen LogP contribution in [0.3, 0.4) is 0 Å². The van der Waals surface area contributed by atoms with Gasteiger partial charge in [-0.3, -0.25) is 0 Å². The van der Waals surface area contributed by atoms with Crippen LogP contribution in [0.5, 0.6) is 0 Å². The van der Waals surface area contributed by atoms with Crippen LogP contribution in [0.15, 0.2) is 11.4 Å². The maximum absolute atomic E-state index is 11.2. The van der Waals surface area contributed by atoms with E-state index >= 15 is 0 Å². The molecule has 68 valence electrons. The summed E-state index contributed by atoms with van der Waals surface area (Å²) in [5, 5.41) is 2.73. The summed E-state index contributed by atoms with van der Waals surface area (Å²) >= 11 is 0. The molecule has 4 heteroatoms. The van der Waals surface area contributed by atoms with Crippen molar-refractivity contribution in [3.63, 3.8) is 0 Å². The van der Waals surface area contributed by atoms with Crippen molar-refractivity contribution in [1.29, 1.82) is 0 Å². The molecule has 0 aromatic rings. The molecule has 0 amide bonds. The molecule has 4 nitrogen and oxygen atoms in total. The minimum atomic E-state index is -0.409. The largest absolute Gasteiger partial charge is 0.456 e. The van der Waals surface area contributed by atoms with Crippen LogP contribution in [0.2, 0.25) is 0 Å². The maximum atomic E-state index is 11.2. The summed E-state index contributed by atoms with van der Waals surface area (Å²) in [5.41, 5.74) is 5.69. The lowest BCUT2D eigenvalue weighted by molar-refractivity contribution is -0.143. The Hall–Kier alpha value is -1.19. The van der Waals surface area contributed by atoms with Gasteiger partial charge in [-0.15, -0.1) is 0 Å². The van der Waals surface area contributed by atoms with Crippen molar-refractivity contribution in [2.45, 2.75) is 25.9 Å². The molecule has 1 saturated heterocycles. The molecule has 0 radical (unpaired) electrons. The zero-order valence-corrected chi connectivity index (χ0v) is 7.60. The van der Waals surface area contributed by atoms with Crippen molar-refractivity contribution in [2.75, 3.05) is 7.05 Å². The third kappa shape index (κ3) is 1.52. The van der Waals surface area contributed by atoms with Crippen molar-refractivity contribution in [1.82, 2.24) is 5.32 Å². The van der Waals surface area contributed by atoms with Gasteiger partial charge in [-0.1, -0.05) is 0 Å². The van der Waals surface area contributed by atoms with Crippen LogP contribution in [0, 0.1) is 0 Å². The second-order valence-corrected chi connectivity index (χ2v) is 3.47. The van der Waals surface area contributed by atoms with Gasteiger partial charge in [0.2, 0.25) is 0 Å². The number of ether oxygens (including phenoxy) is 1. The lowest BCUT2D eigenvalue weighted by Gasteiger charge is -2.13. The predicted octanol–water partition coefficient (Wildman–Crippen LogP) is 0.102. The van der Waals surface area contributed by atoms with E-state index in [2.05, 4.69) is 5.32 Å². The fourth-order valence-corrected chi connectivity index (χ4v) is 1.20. The Morgan fingerprint density at radius 1 is 1.67 bits per heavy atom. The molecule has 1 rings (SSSR count). The minimum absolute atomic E-state index is 0.313. The first kappa shape index (κ1) is 8.90. The summed E-state index contributed by atoms with van der Waals surface area (Å²) in [5.74, 6) is 0.0948. The zero-order valence-electron chi connectivity index (χ0n) is 7.60. The van der Waals surface area contributed by atoms with E-state index in [1.165, 1.54) is 0 Å². The summed E-state index contributed by atoms with van der Waals surface area (Å²) in [4.78, 5) is 11.2. The van der Waals surface area contributed by atoms with E-state index in [4.69, 9.17) is 10.5 Å². The highest BCUT2D eigenvalue weighted by molar-refractivity contribution is 5.91. The lowest BCUT2D eigenvalue weighted by Crippen LogP contribution is -2.19. The van der Waals surface area contributed by atoms with Gasteiger partial charge in [-0.2, -0.15) is 0 Å². The van der Waals surface area contributed by atoms with Gasteiger partial charge in [0.05, 0.1) is 5.57 Å². The minimum Gasteiger partial charge on any atom is -0.456 e. The molecule has 0 spiro atoms. The highest BCUT2D eigenvalue weighted by Crippen LogP contribution is 2.30. The molecule has 0 saturated carbocycles. The van der Waals surface area contributed by atoms with Gasteiger partial charge in [0, 0.05) is 13.5 Å². The Morgan fingerprint density at radius 2 is 2.25 bits per heavy atom. The average Bonchev–Trinajstić information content (AvgIpc) is 2.23. The molecule has 1 aliphatic heterocycles. The van der Waals surface area contributed by atoms with Crippen LogP contribution < -0.4 is 11.1 Å². The molecule has 0 unspecified atom stereocenters. The molecule has 0 aromatic heterocycles. The summed E-state index contributed by atoms with van der Waals surface area (Å²) in [6, 6.07) is 0. The van der Waals surface area contributed by atoms with Gasteiger partial charge in [0.1, 0.15) is 11.4 Å². The predicted molar refractivity (Wildman–Crippen MR) is 45.1 cm³/mol. The molecule has 0 bridgehead atoms. The van der Waals surface area contributed by atoms with E-state index in [0.717, 1.165) is 0 Å². The first-order valence-electron chi connectivity index (χ1n) is 3.86. The van der Waals surface area contributed by atoms with Crippen LogP contribution in [-0.4, -0.2) is 18.6 Å². The Balaban J connectivity index is 2.91. The Bertz CT molecular complexity index is 243. The average molecular weight is 170 g/mol. The second-order valence-electron chi connectivity index (χ2n) is 3.47. The van der Waals surface area contributed by atoms with Crippen LogP contribution >= 0.6 is 0 Å². The molecule has 1 heterocycles. The van der Waals surface area contributed by atoms with Gasteiger partial charge < -0.3 is 15.8 Å². The zero-order chi connectivity index (χ0) is 9.35. The summed E-state index contributed by atoms with van der Waals surface area (Å²) in [6.07, 6.45) is 0.568. The summed E-state index contributed by atoms with van der Waals surface area (Å²) in [7, 11) is 1.68. The molecule has 0 aromatic carbocycles. The molecule has 12 heavy (non-hydrogen) atoms. The van der Waals surface area contributed by atoms with Crippen molar-refractivity contribution in [3.05, 3.63) is 11.4 Å². The van der Waals surface area contributed by atoms with E-state index in [-0.39, 0.29) is 5.97 Å². The number of hydrogen-bond donors (Lipinski definition) is 2. The Morgan fingerprint density at radius 3 is 2.58 bits per heavy atom. The molecule has 1 aliphatic rings. The van der Waals surface area contributed by atoms with E-state index in [1.807, 2.05) is 13.8 Å². The highest BCUT2D eigenvalue weighted by Gasteiger charge is 2.36. The van der Waals surface area contributed by atoms with Crippen LogP contribution in [0.25, 0.3) is 0 Å². The van der Waals surface area contributed by atoms with Crippen molar-refractivity contribution < 1.29 is 9.53 Å². The summed E-state index contributed by atoms with van der Waals surface area (Å²) in [6.45, 7) is 3.72. The maximum Gasteiger partial charge on any atom is 0.338 e. The second kappa shape index (κ2) is 2.69. The van der Waals surface area contributed by atoms with Gasteiger partial charge in [0.15, 0.2) is 0 Å². The van der Waals surface area contributed by atoms with Crippen LogP contribution in [0.4, 0.5) is 0 Å². The van der Waals surface area contributed by atoms with Crippen LogP contribution in [0.1, 0.15) is 20.3 Å². The van der Waals surface area contributed by atoms with E-state index < -0.39 is 5.60 Å². The highest BCUT2D eigenvalue weighted by atomic mass is 16.6. The van der Waals surface area contributed by atoms with Crippen molar-refractivity contribution in [3.8, 4) is 0 Å². The van der Waals surface area contributed by atoms with Crippen LogP contribution in [-0.2, 0) is 9.53 Å². The van der Waals surface area contributed by atoms with E-state index in [0.29, 0.717) is 17.8 Å². The fourth-order valence-electron chi connectivity index (χ4n) is 1.20. The van der Waals surface area contributed by atoms with Gasteiger partial charge in [-0.05, 0) is 13.8 Å². The number of nitrogens with two attached hydrogens (primary N) is 1. The number of carbonyl (C=O) groups excluding carboxylic acids is 1. The Labute approximate surface area is 71.8 Å². The summed E-state index contributed by atoms with van der Waals surface area (Å²) < 4.78 is 5.07. The third-order valence-electron chi connectivity index (χ3n) is 1.81. The lowest BCUT2D eigenvalue weighted by atomic mass is 10.0. The molecule has 3 N–H and O–H groups in total. The number of esters is 1. The van der Waals surface area contributed by atoms with E-state index in [9.17, 15) is 4.79 Å². The quantitative estimate of drug-likeness (QED) is 0.433. The first-order chi connectivity index (χ1) is 5.46. The number of nitrogens with one attached hydrogen (secondary N) is 1. The number of cyclic esters (lactones) is 1. The number of carbonyl (C=O) groups is 1.